The Labute approximate surface area is 215 Å². The molecule has 198 valence electrons. The summed E-state index contributed by atoms with van der Waals surface area (Å²) >= 11 is -0.264. The molecule has 1 saturated carbocycles. The van der Waals surface area contributed by atoms with Crippen molar-refractivity contribution < 1.29 is 37.1 Å². The summed E-state index contributed by atoms with van der Waals surface area (Å²) in [6.45, 7) is 2.06. The van der Waals surface area contributed by atoms with Crippen LogP contribution in [0.2, 0.25) is 0 Å². The molecule has 1 fully saturated rings. The van der Waals surface area contributed by atoms with Crippen LogP contribution >= 0.6 is 11.8 Å². The van der Waals surface area contributed by atoms with E-state index >= 15 is 0 Å². The number of anilines is 1. The quantitative estimate of drug-likeness (QED) is 0.345. The zero-order valence-electron chi connectivity index (χ0n) is 20.0. The van der Waals surface area contributed by atoms with Crippen LogP contribution in [0.25, 0.3) is 0 Å². The number of nitrogens with zero attached hydrogens (tertiary/aromatic N) is 2. The van der Waals surface area contributed by atoms with Gasteiger partial charge in [0.25, 0.3) is 5.91 Å². The third kappa shape index (κ3) is 5.76. The number of aliphatic carboxylic acids is 1. The molecule has 11 heteroatoms. The number of carboxylic acids is 1. The van der Waals surface area contributed by atoms with Gasteiger partial charge in [-0.05, 0) is 74.0 Å². The van der Waals surface area contributed by atoms with E-state index in [2.05, 4.69) is 0 Å². The van der Waals surface area contributed by atoms with E-state index in [-0.39, 0.29) is 59.5 Å². The first-order valence-electron chi connectivity index (χ1n) is 12.0. The lowest BCUT2D eigenvalue weighted by Crippen LogP contribution is -2.52. The zero-order valence-corrected chi connectivity index (χ0v) is 20.8. The number of fused-ring (bicyclic) bond motifs is 2. The van der Waals surface area contributed by atoms with Gasteiger partial charge in [-0.25, -0.2) is 4.39 Å². The summed E-state index contributed by atoms with van der Waals surface area (Å²) in [5, 5.41) is 9.03. The number of benzene rings is 2. The van der Waals surface area contributed by atoms with E-state index in [0.29, 0.717) is 24.1 Å². The minimum absolute atomic E-state index is 0.0394. The number of hydrogen-bond acceptors (Lipinski definition) is 4. The van der Waals surface area contributed by atoms with Crippen molar-refractivity contribution in [2.75, 3.05) is 11.4 Å². The highest BCUT2D eigenvalue weighted by Crippen LogP contribution is 2.51. The number of halogens is 4. The summed E-state index contributed by atoms with van der Waals surface area (Å²) in [4.78, 5) is 40.9. The molecule has 1 unspecified atom stereocenters. The molecule has 1 aliphatic heterocycles. The average molecular weight is 539 g/mol. The van der Waals surface area contributed by atoms with E-state index in [1.807, 2.05) is 0 Å². The van der Waals surface area contributed by atoms with Crippen molar-refractivity contribution in [2.45, 2.75) is 61.5 Å². The van der Waals surface area contributed by atoms with Crippen LogP contribution in [0, 0.1) is 11.7 Å². The summed E-state index contributed by atoms with van der Waals surface area (Å²) in [6, 6.07) is 8.40. The molecule has 0 saturated heterocycles. The fraction of sp³-hybridized carbons (Fsp3) is 0.423. The van der Waals surface area contributed by atoms with Crippen molar-refractivity contribution in [3.05, 3.63) is 59.4 Å². The number of rotatable bonds is 7. The molecule has 0 bridgehead atoms. The summed E-state index contributed by atoms with van der Waals surface area (Å²) < 4.78 is 52.6. The number of thioether (sulfide) groups is 1. The summed E-state index contributed by atoms with van der Waals surface area (Å²) in [7, 11) is 0. The lowest BCUT2D eigenvalue weighted by Gasteiger charge is -2.47. The maximum Gasteiger partial charge on any atom is 0.446 e. The monoisotopic (exact) mass is 538 g/mol. The Morgan fingerprint density at radius 2 is 1.78 bits per heavy atom. The highest BCUT2D eigenvalue weighted by molar-refractivity contribution is 8.00. The number of carbonyl (C=O) groups is 3. The molecule has 4 rings (SSSR count). The van der Waals surface area contributed by atoms with Gasteiger partial charge in [-0.15, -0.1) is 0 Å². The van der Waals surface area contributed by atoms with Crippen LogP contribution in [0.1, 0.15) is 61.0 Å². The number of amides is 2. The number of carbonyl (C=O) groups excluding carboxylic acids is 2. The Morgan fingerprint density at radius 1 is 1.08 bits per heavy atom. The van der Waals surface area contributed by atoms with Gasteiger partial charge in [0.2, 0.25) is 5.91 Å². The molecule has 1 N–H and O–H groups in total. The molecule has 0 spiro atoms. The van der Waals surface area contributed by atoms with Gasteiger partial charge in [-0.1, -0.05) is 6.42 Å². The predicted molar refractivity (Wildman–Crippen MR) is 130 cm³/mol. The SMILES string of the molecule is CCN(C(=O)CCC(=O)O)C1c2cc(F)ccc2N(C(=O)c2ccc(SC(F)(F)F)cc2)[C@@H]2CCC[C@H]12. The second-order valence-corrected chi connectivity index (χ2v) is 10.3. The third-order valence-electron chi connectivity index (χ3n) is 6.94. The van der Waals surface area contributed by atoms with E-state index in [1.54, 1.807) is 16.7 Å². The maximum atomic E-state index is 14.5. The predicted octanol–water partition coefficient (Wildman–Crippen LogP) is 6.02. The summed E-state index contributed by atoms with van der Waals surface area (Å²) in [5.74, 6) is -2.59. The molecule has 0 radical (unpaired) electrons. The zero-order chi connectivity index (χ0) is 26.9. The molecule has 2 aromatic carbocycles. The molecular weight excluding hydrogens is 512 g/mol. The van der Waals surface area contributed by atoms with Gasteiger partial charge < -0.3 is 14.9 Å². The first kappa shape index (κ1) is 27.0. The molecule has 6 nitrogen and oxygen atoms in total. The highest BCUT2D eigenvalue weighted by atomic mass is 32.2. The van der Waals surface area contributed by atoms with Gasteiger partial charge in [-0.3, -0.25) is 14.4 Å². The largest absolute Gasteiger partial charge is 0.481 e. The molecule has 2 aliphatic rings. The fourth-order valence-electron chi connectivity index (χ4n) is 5.53. The van der Waals surface area contributed by atoms with Crippen molar-refractivity contribution in [3.8, 4) is 0 Å². The van der Waals surface area contributed by atoms with E-state index in [0.717, 1.165) is 6.42 Å². The van der Waals surface area contributed by atoms with E-state index in [1.165, 1.54) is 42.5 Å². The van der Waals surface area contributed by atoms with Crippen molar-refractivity contribution in [1.29, 1.82) is 0 Å². The van der Waals surface area contributed by atoms with Gasteiger partial charge in [0.05, 0.1) is 12.5 Å². The number of hydrogen-bond donors (Lipinski definition) is 1. The van der Waals surface area contributed by atoms with Crippen molar-refractivity contribution in [3.63, 3.8) is 0 Å². The standard InChI is InChI=1S/C26H26F4N2O4S/c1-2-31(22(33)12-13-23(34)35)24-18-4-3-5-20(18)32(21-11-8-16(27)14-19(21)24)25(36)15-6-9-17(10-7-15)37-26(28,29)30/h6-11,14,18,20,24H,2-5,12-13H2,1H3,(H,34,35)/t18-,20+,24?/m0/s1. The van der Waals surface area contributed by atoms with E-state index in [4.69, 9.17) is 5.11 Å². The minimum atomic E-state index is -4.44. The van der Waals surface area contributed by atoms with Crippen LogP contribution in [-0.4, -0.2) is 45.9 Å². The summed E-state index contributed by atoms with van der Waals surface area (Å²) in [5.41, 5.74) is -3.33. The molecular formula is C26H26F4N2O4S. The number of alkyl halides is 3. The Morgan fingerprint density at radius 3 is 2.41 bits per heavy atom. The Hall–Kier alpha value is -3.08. The van der Waals surface area contributed by atoms with Gasteiger partial charge >= 0.3 is 11.5 Å². The minimum Gasteiger partial charge on any atom is -0.481 e. The Bertz CT molecular complexity index is 1190. The molecule has 3 atom stereocenters. The van der Waals surface area contributed by atoms with Gasteiger partial charge in [0, 0.05) is 46.6 Å². The second kappa shape index (κ2) is 10.7. The first-order chi connectivity index (χ1) is 17.5. The highest BCUT2D eigenvalue weighted by Gasteiger charge is 2.48. The molecule has 2 aromatic rings. The molecule has 1 aliphatic carbocycles. The van der Waals surface area contributed by atoms with Gasteiger partial charge in [-0.2, -0.15) is 13.2 Å². The topological polar surface area (TPSA) is 77.9 Å². The van der Waals surface area contributed by atoms with Crippen LogP contribution in [-0.2, 0) is 9.59 Å². The Balaban J connectivity index is 1.72. The van der Waals surface area contributed by atoms with Gasteiger partial charge in [0.1, 0.15) is 5.82 Å². The lowest BCUT2D eigenvalue weighted by atomic mass is 9.81. The van der Waals surface area contributed by atoms with Crippen molar-refractivity contribution >= 4 is 35.2 Å². The van der Waals surface area contributed by atoms with Crippen LogP contribution in [0.3, 0.4) is 0 Å². The maximum absolute atomic E-state index is 14.5. The van der Waals surface area contributed by atoms with Gasteiger partial charge in [0.15, 0.2) is 0 Å². The van der Waals surface area contributed by atoms with E-state index in [9.17, 15) is 31.9 Å². The molecule has 2 amide bonds. The lowest BCUT2D eigenvalue weighted by molar-refractivity contribution is -0.142. The molecule has 1 heterocycles. The normalized spacial score (nSPS) is 20.8. The van der Waals surface area contributed by atoms with Crippen molar-refractivity contribution in [1.82, 2.24) is 4.90 Å². The third-order valence-corrected chi connectivity index (χ3v) is 7.68. The van der Waals surface area contributed by atoms with E-state index < -0.39 is 29.2 Å². The number of carboxylic acid groups (broad SMARTS) is 1. The average Bonchev–Trinajstić information content (AvgIpc) is 3.31. The van der Waals surface area contributed by atoms with Crippen LogP contribution in [0.5, 0.6) is 0 Å². The van der Waals surface area contributed by atoms with Crippen molar-refractivity contribution in [2.24, 2.45) is 5.92 Å². The fourth-order valence-corrected chi connectivity index (χ4v) is 6.07. The molecule has 0 aromatic heterocycles. The Kier molecular flexibility index (Phi) is 7.82. The second-order valence-electron chi connectivity index (χ2n) is 9.13. The first-order valence-corrected chi connectivity index (χ1v) is 12.8. The molecule has 37 heavy (non-hydrogen) atoms. The summed E-state index contributed by atoms with van der Waals surface area (Å²) in [6.07, 6.45) is 1.59. The van der Waals surface area contributed by atoms with Crippen LogP contribution < -0.4 is 4.90 Å². The van der Waals surface area contributed by atoms with Crippen LogP contribution in [0.15, 0.2) is 47.4 Å². The van der Waals surface area contributed by atoms with Crippen LogP contribution in [0.4, 0.5) is 23.2 Å². The smallest absolute Gasteiger partial charge is 0.446 e.